The molecular weight excluding hydrogens is 210 g/mol. The number of nitriles is 1. The highest BCUT2D eigenvalue weighted by Gasteiger charge is 2.00. The molecule has 0 amide bonds. The second-order valence-corrected chi connectivity index (χ2v) is 3.33. The van der Waals surface area contributed by atoms with Crippen LogP contribution in [0.3, 0.4) is 0 Å². The number of allylic oxidation sites excluding steroid dienone is 1. The molecule has 1 aromatic carbocycles. The lowest BCUT2D eigenvalue weighted by Crippen LogP contribution is -1.87. The van der Waals surface area contributed by atoms with Gasteiger partial charge in [-0.15, -0.1) is 11.6 Å². The number of hydrogen-bond acceptors (Lipinski definition) is 2. The summed E-state index contributed by atoms with van der Waals surface area (Å²) in [7, 11) is 1.61. The van der Waals surface area contributed by atoms with Crippen molar-refractivity contribution in [3.63, 3.8) is 0 Å². The second kappa shape index (κ2) is 6.10. The summed E-state index contributed by atoms with van der Waals surface area (Å²) in [5, 5.41) is 8.76. The molecule has 0 atom stereocenters. The van der Waals surface area contributed by atoms with Crippen molar-refractivity contribution in [2.45, 2.75) is 6.42 Å². The van der Waals surface area contributed by atoms with Crippen molar-refractivity contribution in [2.75, 3.05) is 13.0 Å². The summed E-state index contributed by atoms with van der Waals surface area (Å²) in [6.45, 7) is 0. The minimum absolute atomic E-state index is 0.594. The maximum absolute atomic E-state index is 8.76. The van der Waals surface area contributed by atoms with Crippen molar-refractivity contribution >= 4 is 17.7 Å². The van der Waals surface area contributed by atoms with Crippen LogP contribution in [0.25, 0.3) is 6.08 Å². The summed E-state index contributed by atoms with van der Waals surface area (Å²) in [4.78, 5) is 0. The summed E-state index contributed by atoms with van der Waals surface area (Å²) in [5.41, 5.74) is 1.53. The van der Waals surface area contributed by atoms with E-state index in [-0.39, 0.29) is 0 Å². The molecule has 0 aliphatic heterocycles. The summed E-state index contributed by atoms with van der Waals surface area (Å²) in [5.74, 6) is 1.36. The van der Waals surface area contributed by atoms with Crippen LogP contribution in [-0.4, -0.2) is 13.0 Å². The van der Waals surface area contributed by atoms with E-state index in [0.717, 1.165) is 17.7 Å². The van der Waals surface area contributed by atoms with E-state index in [9.17, 15) is 0 Å². The van der Waals surface area contributed by atoms with Gasteiger partial charge in [0.2, 0.25) is 0 Å². The first-order valence-corrected chi connectivity index (χ1v) is 5.16. The zero-order chi connectivity index (χ0) is 11.1. The molecule has 2 nitrogen and oxygen atoms in total. The molecule has 0 spiro atoms. The molecule has 0 bridgehead atoms. The fourth-order valence-corrected chi connectivity index (χ4v) is 1.33. The molecule has 1 aromatic rings. The van der Waals surface area contributed by atoms with E-state index in [4.69, 9.17) is 21.6 Å². The maximum Gasteiger partial charge on any atom is 0.126 e. The van der Waals surface area contributed by atoms with Crippen molar-refractivity contribution < 1.29 is 4.74 Å². The molecule has 1 rings (SSSR count). The van der Waals surface area contributed by atoms with Crippen LogP contribution in [0.1, 0.15) is 17.5 Å². The van der Waals surface area contributed by atoms with Gasteiger partial charge in [-0.05, 0) is 24.6 Å². The van der Waals surface area contributed by atoms with E-state index in [1.54, 1.807) is 25.3 Å². The summed E-state index contributed by atoms with van der Waals surface area (Å²) in [6, 6.07) is 7.41. The topological polar surface area (TPSA) is 33.0 Å². The number of alkyl halides is 1. The van der Waals surface area contributed by atoms with Crippen molar-refractivity contribution in [2.24, 2.45) is 0 Å². The van der Waals surface area contributed by atoms with Crippen molar-refractivity contribution in [1.29, 1.82) is 5.26 Å². The first kappa shape index (κ1) is 11.6. The van der Waals surface area contributed by atoms with Gasteiger partial charge in [0.1, 0.15) is 5.75 Å². The summed E-state index contributed by atoms with van der Waals surface area (Å²) in [6.07, 6.45) is 4.69. The SMILES string of the molecule is COc1ccc(C#N)cc1C=CCCCl. The van der Waals surface area contributed by atoms with E-state index in [0.29, 0.717) is 11.4 Å². The fourth-order valence-electron chi connectivity index (χ4n) is 1.21. The third-order valence-corrected chi connectivity index (χ3v) is 2.15. The Morgan fingerprint density at radius 3 is 2.93 bits per heavy atom. The number of hydrogen-bond donors (Lipinski definition) is 0. The van der Waals surface area contributed by atoms with Crippen LogP contribution in [0.4, 0.5) is 0 Å². The maximum atomic E-state index is 8.76. The van der Waals surface area contributed by atoms with E-state index < -0.39 is 0 Å². The van der Waals surface area contributed by atoms with Crippen molar-refractivity contribution in [1.82, 2.24) is 0 Å². The molecule has 0 unspecified atom stereocenters. The van der Waals surface area contributed by atoms with Gasteiger partial charge >= 0.3 is 0 Å². The lowest BCUT2D eigenvalue weighted by molar-refractivity contribution is 0.414. The average molecular weight is 222 g/mol. The van der Waals surface area contributed by atoms with E-state index in [1.807, 2.05) is 12.2 Å². The number of methoxy groups -OCH3 is 1. The van der Waals surface area contributed by atoms with Crippen LogP contribution in [0.15, 0.2) is 24.3 Å². The average Bonchev–Trinajstić information content (AvgIpc) is 2.29. The molecule has 0 N–H and O–H groups in total. The second-order valence-electron chi connectivity index (χ2n) is 2.95. The normalized spacial score (nSPS) is 10.2. The lowest BCUT2D eigenvalue weighted by atomic mass is 10.1. The van der Waals surface area contributed by atoms with E-state index in [1.165, 1.54) is 0 Å². The Bertz CT molecular complexity index is 393. The highest BCUT2D eigenvalue weighted by atomic mass is 35.5. The van der Waals surface area contributed by atoms with Gasteiger partial charge in [-0.2, -0.15) is 5.26 Å². The van der Waals surface area contributed by atoms with E-state index in [2.05, 4.69) is 6.07 Å². The molecule has 78 valence electrons. The summed E-state index contributed by atoms with van der Waals surface area (Å²) < 4.78 is 5.18. The standard InChI is InChI=1S/C12H12ClNO/c1-15-12-6-5-10(9-14)8-11(12)4-2-3-7-13/h2,4-6,8H,3,7H2,1H3. The van der Waals surface area contributed by atoms with Gasteiger partial charge < -0.3 is 4.74 Å². The Balaban J connectivity index is 2.97. The number of nitrogens with zero attached hydrogens (tertiary/aromatic N) is 1. The molecule has 0 fully saturated rings. The number of rotatable bonds is 4. The Morgan fingerprint density at radius 1 is 1.53 bits per heavy atom. The van der Waals surface area contributed by atoms with Gasteiger partial charge in [-0.25, -0.2) is 0 Å². The number of halogens is 1. The Hall–Kier alpha value is -1.46. The van der Waals surface area contributed by atoms with Crippen LogP contribution in [0, 0.1) is 11.3 Å². The first-order chi connectivity index (χ1) is 7.31. The van der Waals surface area contributed by atoms with Gasteiger partial charge in [0, 0.05) is 11.4 Å². The van der Waals surface area contributed by atoms with Crippen LogP contribution < -0.4 is 4.74 Å². The zero-order valence-electron chi connectivity index (χ0n) is 8.53. The number of ether oxygens (including phenoxy) is 1. The Labute approximate surface area is 94.7 Å². The predicted molar refractivity (Wildman–Crippen MR) is 62.1 cm³/mol. The van der Waals surface area contributed by atoms with E-state index >= 15 is 0 Å². The van der Waals surface area contributed by atoms with Gasteiger partial charge in [-0.3, -0.25) is 0 Å². The van der Waals surface area contributed by atoms with Crippen molar-refractivity contribution in [3.8, 4) is 11.8 Å². The quantitative estimate of drug-likeness (QED) is 0.732. The molecule has 0 aromatic heterocycles. The lowest BCUT2D eigenvalue weighted by Gasteiger charge is -2.04. The molecule has 0 radical (unpaired) electrons. The molecule has 0 heterocycles. The smallest absolute Gasteiger partial charge is 0.126 e. The zero-order valence-corrected chi connectivity index (χ0v) is 9.29. The Kier molecular flexibility index (Phi) is 4.73. The van der Waals surface area contributed by atoms with Crippen LogP contribution in [0.2, 0.25) is 0 Å². The van der Waals surface area contributed by atoms with Crippen molar-refractivity contribution in [3.05, 3.63) is 35.4 Å². The molecule has 0 aliphatic carbocycles. The van der Waals surface area contributed by atoms with Crippen LogP contribution >= 0.6 is 11.6 Å². The molecule has 0 aliphatic rings. The minimum Gasteiger partial charge on any atom is -0.496 e. The number of benzene rings is 1. The minimum atomic E-state index is 0.594. The van der Waals surface area contributed by atoms with Crippen LogP contribution in [-0.2, 0) is 0 Å². The first-order valence-electron chi connectivity index (χ1n) is 4.62. The Morgan fingerprint density at radius 2 is 2.33 bits per heavy atom. The highest BCUT2D eigenvalue weighted by Crippen LogP contribution is 2.21. The predicted octanol–water partition coefficient (Wildman–Crippen LogP) is 3.21. The molecule has 0 saturated carbocycles. The van der Waals surface area contributed by atoms with Gasteiger partial charge in [0.25, 0.3) is 0 Å². The third kappa shape index (κ3) is 3.30. The van der Waals surface area contributed by atoms with Gasteiger partial charge in [-0.1, -0.05) is 12.2 Å². The molecule has 3 heteroatoms. The molecule has 0 saturated heterocycles. The highest BCUT2D eigenvalue weighted by molar-refractivity contribution is 6.17. The monoisotopic (exact) mass is 221 g/mol. The summed E-state index contributed by atoms with van der Waals surface area (Å²) >= 11 is 5.57. The molecule has 15 heavy (non-hydrogen) atoms. The largest absolute Gasteiger partial charge is 0.496 e. The fraction of sp³-hybridized carbons (Fsp3) is 0.250. The van der Waals surface area contributed by atoms with Crippen LogP contribution in [0.5, 0.6) is 5.75 Å². The van der Waals surface area contributed by atoms with Gasteiger partial charge in [0.15, 0.2) is 0 Å². The van der Waals surface area contributed by atoms with Gasteiger partial charge in [0.05, 0.1) is 18.7 Å². The molecular formula is C12H12ClNO. The third-order valence-electron chi connectivity index (χ3n) is 1.93.